The first-order chi connectivity index (χ1) is 9.08. The SMILES string of the molecule is CN1CCCCC1CNC(=O)c1ccc(Br)c(N)c1. The molecule has 1 amide bonds. The molecule has 104 valence electrons. The highest BCUT2D eigenvalue weighted by molar-refractivity contribution is 9.10. The summed E-state index contributed by atoms with van der Waals surface area (Å²) in [5.74, 6) is -0.0572. The number of carbonyl (C=O) groups excluding carboxylic acids is 1. The van der Waals surface area contributed by atoms with Gasteiger partial charge in [0, 0.05) is 28.3 Å². The van der Waals surface area contributed by atoms with Crippen LogP contribution in [-0.4, -0.2) is 37.0 Å². The molecular formula is C14H20BrN3O. The number of anilines is 1. The number of halogens is 1. The molecule has 19 heavy (non-hydrogen) atoms. The van der Waals surface area contributed by atoms with Crippen LogP contribution in [0.4, 0.5) is 5.69 Å². The zero-order valence-electron chi connectivity index (χ0n) is 11.2. The molecule has 1 atom stereocenters. The van der Waals surface area contributed by atoms with E-state index in [4.69, 9.17) is 5.73 Å². The Morgan fingerprint density at radius 1 is 1.53 bits per heavy atom. The smallest absolute Gasteiger partial charge is 0.251 e. The standard InChI is InChI=1S/C14H20BrN3O/c1-18-7-3-2-4-11(18)9-17-14(19)10-5-6-12(15)13(16)8-10/h5-6,8,11H,2-4,7,9,16H2,1H3,(H,17,19). The molecule has 1 fully saturated rings. The fourth-order valence-electron chi connectivity index (χ4n) is 2.40. The van der Waals surface area contributed by atoms with Gasteiger partial charge in [0.15, 0.2) is 0 Å². The number of hydrogen-bond donors (Lipinski definition) is 2. The van der Waals surface area contributed by atoms with Gasteiger partial charge in [0.05, 0.1) is 0 Å². The third kappa shape index (κ3) is 3.70. The molecule has 1 aromatic carbocycles. The Kier molecular flexibility index (Phi) is 4.82. The lowest BCUT2D eigenvalue weighted by molar-refractivity contribution is 0.0928. The molecule has 0 saturated carbocycles. The number of likely N-dealkylation sites (N-methyl/N-ethyl adjacent to an activating group) is 1. The summed E-state index contributed by atoms with van der Waals surface area (Å²) in [6.45, 7) is 1.82. The first kappa shape index (κ1) is 14.3. The van der Waals surface area contributed by atoms with Crippen molar-refractivity contribution in [2.45, 2.75) is 25.3 Å². The van der Waals surface area contributed by atoms with Crippen molar-refractivity contribution in [3.8, 4) is 0 Å². The molecule has 1 unspecified atom stereocenters. The first-order valence-electron chi connectivity index (χ1n) is 6.61. The number of nitrogens with one attached hydrogen (secondary N) is 1. The number of carbonyl (C=O) groups is 1. The van der Waals surface area contributed by atoms with Crippen molar-refractivity contribution >= 4 is 27.5 Å². The molecule has 1 saturated heterocycles. The second-order valence-corrected chi connectivity index (χ2v) is 5.93. The lowest BCUT2D eigenvalue weighted by atomic mass is 10.0. The summed E-state index contributed by atoms with van der Waals surface area (Å²) < 4.78 is 0.816. The van der Waals surface area contributed by atoms with Crippen molar-refractivity contribution in [3.63, 3.8) is 0 Å². The van der Waals surface area contributed by atoms with E-state index in [0.29, 0.717) is 23.8 Å². The lowest BCUT2D eigenvalue weighted by Crippen LogP contribution is -2.44. The minimum absolute atomic E-state index is 0.0572. The normalized spacial score (nSPS) is 20.2. The molecule has 4 nitrogen and oxygen atoms in total. The first-order valence-corrected chi connectivity index (χ1v) is 7.40. The lowest BCUT2D eigenvalue weighted by Gasteiger charge is -2.32. The van der Waals surface area contributed by atoms with Gasteiger partial charge < -0.3 is 16.0 Å². The average Bonchev–Trinajstić information content (AvgIpc) is 2.40. The number of nitrogens with two attached hydrogens (primary N) is 1. The van der Waals surface area contributed by atoms with Crippen LogP contribution in [0.3, 0.4) is 0 Å². The molecule has 1 aromatic rings. The Balaban J connectivity index is 1.91. The number of likely N-dealkylation sites (tertiary alicyclic amines) is 1. The largest absolute Gasteiger partial charge is 0.398 e. The second kappa shape index (κ2) is 6.39. The van der Waals surface area contributed by atoms with Gasteiger partial charge in [-0.1, -0.05) is 6.42 Å². The van der Waals surface area contributed by atoms with E-state index < -0.39 is 0 Å². The number of amides is 1. The molecule has 0 radical (unpaired) electrons. The highest BCUT2D eigenvalue weighted by Crippen LogP contribution is 2.20. The summed E-state index contributed by atoms with van der Waals surface area (Å²) >= 11 is 3.32. The van der Waals surface area contributed by atoms with Gasteiger partial charge in [-0.05, 0) is 60.6 Å². The molecule has 0 aromatic heterocycles. The molecule has 0 bridgehead atoms. The zero-order valence-corrected chi connectivity index (χ0v) is 12.7. The predicted molar refractivity (Wildman–Crippen MR) is 81.2 cm³/mol. The van der Waals surface area contributed by atoms with Crippen LogP contribution in [-0.2, 0) is 0 Å². The van der Waals surface area contributed by atoms with Crippen molar-refractivity contribution < 1.29 is 4.79 Å². The molecule has 1 aliphatic rings. The van der Waals surface area contributed by atoms with Crippen LogP contribution in [0.2, 0.25) is 0 Å². The summed E-state index contributed by atoms with van der Waals surface area (Å²) in [5, 5.41) is 2.99. The van der Waals surface area contributed by atoms with E-state index in [1.165, 1.54) is 12.8 Å². The molecule has 2 rings (SSSR count). The Morgan fingerprint density at radius 3 is 3.00 bits per heavy atom. The van der Waals surface area contributed by atoms with Gasteiger partial charge in [0.2, 0.25) is 0 Å². The third-order valence-corrected chi connectivity index (χ3v) is 4.40. The van der Waals surface area contributed by atoms with E-state index in [0.717, 1.165) is 17.4 Å². The van der Waals surface area contributed by atoms with Gasteiger partial charge in [-0.3, -0.25) is 4.79 Å². The van der Waals surface area contributed by atoms with Crippen LogP contribution in [0.15, 0.2) is 22.7 Å². The highest BCUT2D eigenvalue weighted by atomic mass is 79.9. The van der Waals surface area contributed by atoms with Gasteiger partial charge in [-0.15, -0.1) is 0 Å². The maximum Gasteiger partial charge on any atom is 0.251 e. The molecule has 1 heterocycles. The Hall–Kier alpha value is -1.07. The molecule has 5 heteroatoms. The van der Waals surface area contributed by atoms with Gasteiger partial charge in [0.25, 0.3) is 5.91 Å². The quantitative estimate of drug-likeness (QED) is 0.838. The van der Waals surface area contributed by atoms with Crippen molar-refractivity contribution in [3.05, 3.63) is 28.2 Å². The van der Waals surface area contributed by atoms with Crippen LogP contribution in [0.5, 0.6) is 0 Å². The summed E-state index contributed by atoms with van der Waals surface area (Å²) in [6, 6.07) is 5.73. The van der Waals surface area contributed by atoms with E-state index in [-0.39, 0.29) is 5.91 Å². The minimum atomic E-state index is -0.0572. The average molecular weight is 326 g/mol. The van der Waals surface area contributed by atoms with Crippen molar-refractivity contribution in [1.29, 1.82) is 0 Å². The topological polar surface area (TPSA) is 58.4 Å². The van der Waals surface area contributed by atoms with Crippen LogP contribution in [0.25, 0.3) is 0 Å². The van der Waals surface area contributed by atoms with Crippen LogP contribution >= 0.6 is 15.9 Å². The van der Waals surface area contributed by atoms with Gasteiger partial charge in [-0.25, -0.2) is 0 Å². The highest BCUT2D eigenvalue weighted by Gasteiger charge is 2.19. The third-order valence-electron chi connectivity index (χ3n) is 3.68. The second-order valence-electron chi connectivity index (χ2n) is 5.08. The Bertz CT molecular complexity index is 464. The predicted octanol–water partition coefficient (Wildman–Crippen LogP) is 2.25. The van der Waals surface area contributed by atoms with E-state index in [1.807, 2.05) is 0 Å². The van der Waals surface area contributed by atoms with Gasteiger partial charge >= 0.3 is 0 Å². The Labute approximate surface area is 122 Å². The molecule has 1 aliphatic heterocycles. The van der Waals surface area contributed by atoms with Crippen LogP contribution in [0, 0.1) is 0 Å². The summed E-state index contributed by atoms with van der Waals surface area (Å²) in [4.78, 5) is 14.4. The maximum atomic E-state index is 12.1. The van der Waals surface area contributed by atoms with Crippen LogP contribution in [0.1, 0.15) is 29.6 Å². The van der Waals surface area contributed by atoms with Gasteiger partial charge in [-0.2, -0.15) is 0 Å². The monoisotopic (exact) mass is 325 g/mol. The minimum Gasteiger partial charge on any atom is -0.398 e. The van der Waals surface area contributed by atoms with E-state index in [1.54, 1.807) is 18.2 Å². The number of nitrogens with zero attached hydrogens (tertiary/aromatic N) is 1. The van der Waals surface area contributed by atoms with Crippen molar-refractivity contribution in [1.82, 2.24) is 10.2 Å². The summed E-state index contributed by atoms with van der Waals surface area (Å²) in [7, 11) is 2.12. The fourth-order valence-corrected chi connectivity index (χ4v) is 2.65. The number of rotatable bonds is 3. The summed E-state index contributed by atoms with van der Waals surface area (Å²) in [6.07, 6.45) is 3.65. The zero-order chi connectivity index (χ0) is 13.8. The summed E-state index contributed by atoms with van der Waals surface area (Å²) in [5.41, 5.74) is 6.98. The van der Waals surface area contributed by atoms with Crippen LogP contribution < -0.4 is 11.1 Å². The van der Waals surface area contributed by atoms with Crippen molar-refractivity contribution in [2.24, 2.45) is 0 Å². The fraction of sp³-hybridized carbons (Fsp3) is 0.500. The van der Waals surface area contributed by atoms with Gasteiger partial charge in [0.1, 0.15) is 0 Å². The number of benzene rings is 1. The molecule has 0 spiro atoms. The Morgan fingerprint density at radius 2 is 2.32 bits per heavy atom. The molecule has 3 N–H and O–H groups in total. The number of piperidine rings is 1. The van der Waals surface area contributed by atoms with E-state index in [2.05, 4.69) is 33.2 Å². The number of hydrogen-bond acceptors (Lipinski definition) is 3. The van der Waals surface area contributed by atoms with Crippen molar-refractivity contribution in [2.75, 3.05) is 25.9 Å². The maximum absolute atomic E-state index is 12.1. The van der Waals surface area contributed by atoms with E-state index in [9.17, 15) is 4.79 Å². The molecular weight excluding hydrogens is 306 g/mol. The van der Waals surface area contributed by atoms with E-state index >= 15 is 0 Å². The number of nitrogen functional groups attached to an aromatic ring is 1. The molecule has 0 aliphatic carbocycles.